The number of esters is 1. The van der Waals surface area contributed by atoms with Gasteiger partial charge in [0.2, 0.25) is 0 Å². The van der Waals surface area contributed by atoms with Crippen LogP contribution in [0.2, 0.25) is 5.02 Å². The van der Waals surface area contributed by atoms with Crippen LogP contribution in [0.4, 0.5) is 10.1 Å². The molecule has 5 nitrogen and oxygen atoms in total. The Morgan fingerprint density at radius 1 is 1.41 bits per heavy atom. The molecular formula is C15H10ClFN2O3. The molecule has 2 aromatic heterocycles. The van der Waals surface area contributed by atoms with Gasteiger partial charge in [-0.25, -0.2) is 14.2 Å². The molecule has 0 aliphatic carbocycles. The molecule has 2 heterocycles. The van der Waals surface area contributed by atoms with Crippen molar-refractivity contribution in [2.45, 2.75) is 0 Å². The molecule has 22 heavy (non-hydrogen) atoms. The van der Waals surface area contributed by atoms with Gasteiger partial charge in [-0.05, 0) is 12.1 Å². The number of pyridine rings is 1. The lowest BCUT2D eigenvalue weighted by Crippen LogP contribution is -2.10. The Kier molecular flexibility index (Phi) is 3.46. The second kappa shape index (κ2) is 5.31. The minimum atomic E-state index is -0.800. The lowest BCUT2D eigenvalue weighted by molar-refractivity contribution is 0.0594. The third-order valence-electron chi connectivity index (χ3n) is 3.24. The van der Waals surface area contributed by atoms with Crippen molar-refractivity contribution in [1.29, 1.82) is 0 Å². The fourth-order valence-electron chi connectivity index (χ4n) is 2.17. The zero-order valence-corrected chi connectivity index (χ0v) is 12.1. The molecule has 112 valence electrons. The van der Waals surface area contributed by atoms with Gasteiger partial charge in [-0.2, -0.15) is 0 Å². The molecule has 0 saturated carbocycles. The van der Waals surface area contributed by atoms with Crippen molar-refractivity contribution < 1.29 is 18.3 Å². The monoisotopic (exact) mass is 320 g/mol. The van der Waals surface area contributed by atoms with E-state index >= 15 is 0 Å². The second-order valence-corrected chi connectivity index (χ2v) is 4.86. The number of nitrogen functional groups attached to an aromatic ring is 1. The number of methoxy groups -OCH3 is 1. The van der Waals surface area contributed by atoms with Crippen molar-refractivity contribution in [3.05, 3.63) is 47.1 Å². The molecule has 0 aliphatic rings. The van der Waals surface area contributed by atoms with E-state index in [9.17, 15) is 9.18 Å². The number of anilines is 1. The Morgan fingerprint density at radius 3 is 2.91 bits per heavy atom. The summed E-state index contributed by atoms with van der Waals surface area (Å²) in [5.74, 6) is -1.59. The number of hydrogen-bond acceptors (Lipinski definition) is 5. The predicted octanol–water partition coefficient (Wildman–Crippen LogP) is 3.66. The molecule has 0 radical (unpaired) electrons. The highest BCUT2D eigenvalue weighted by atomic mass is 35.5. The third kappa shape index (κ3) is 2.08. The normalized spacial score (nSPS) is 10.9. The van der Waals surface area contributed by atoms with Crippen LogP contribution < -0.4 is 5.73 Å². The van der Waals surface area contributed by atoms with E-state index in [1.165, 1.54) is 13.4 Å². The highest BCUT2D eigenvalue weighted by molar-refractivity contribution is 6.35. The van der Waals surface area contributed by atoms with Crippen LogP contribution in [-0.2, 0) is 4.74 Å². The third-order valence-corrected chi connectivity index (χ3v) is 3.62. The number of rotatable bonds is 2. The number of aromatic nitrogens is 1. The first-order valence-electron chi connectivity index (χ1n) is 6.24. The standard InChI is InChI=1S/C15H10ClFN2O3/c1-21-15(20)14-10(16)12(18)11(17)13(19-14)8-3-2-4-9-7(8)5-6-22-9/h2-6H,1H3,(H2,18,19). The zero-order chi connectivity index (χ0) is 15.9. The van der Waals surface area contributed by atoms with Gasteiger partial charge in [0.25, 0.3) is 0 Å². The van der Waals surface area contributed by atoms with E-state index in [4.69, 9.17) is 21.8 Å². The molecule has 0 amide bonds. The molecule has 0 spiro atoms. The molecule has 1 aromatic carbocycles. The van der Waals surface area contributed by atoms with Gasteiger partial charge >= 0.3 is 5.97 Å². The lowest BCUT2D eigenvalue weighted by atomic mass is 10.1. The summed E-state index contributed by atoms with van der Waals surface area (Å²) in [5, 5.41) is 0.374. The van der Waals surface area contributed by atoms with Crippen LogP contribution in [0.3, 0.4) is 0 Å². The molecule has 0 fully saturated rings. The van der Waals surface area contributed by atoms with E-state index in [-0.39, 0.29) is 22.1 Å². The van der Waals surface area contributed by atoms with Crippen molar-refractivity contribution in [3.8, 4) is 11.3 Å². The van der Waals surface area contributed by atoms with Gasteiger partial charge in [0.15, 0.2) is 11.5 Å². The summed E-state index contributed by atoms with van der Waals surface area (Å²) in [6.07, 6.45) is 1.48. The predicted molar refractivity (Wildman–Crippen MR) is 80.2 cm³/mol. The number of nitrogens with two attached hydrogens (primary N) is 1. The van der Waals surface area contributed by atoms with Crippen LogP contribution in [0.25, 0.3) is 22.2 Å². The summed E-state index contributed by atoms with van der Waals surface area (Å²) >= 11 is 5.88. The molecule has 0 unspecified atom stereocenters. The van der Waals surface area contributed by atoms with Crippen LogP contribution in [-0.4, -0.2) is 18.1 Å². The highest BCUT2D eigenvalue weighted by Crippen LogP contribution is 2.35. The average Bonchev–Trinajstić information content (AvgIpc) is 3.01. The van der Waals surface area contributed by atoms with Gasteiger partial charge in [-0.1, -0.05) is 23.7 Å². The van der Waals surface area contributed by atoms with Gasteiger partial charge in [0.1, 0.15) is 11.3 Å². The molecule has 7 heteroatoms. The van der Waals surface area contributed by atoms with E-state index in [0.29, 0.717) is 16.5 Å². The Bertz CT molecular complexity index is 892. The Balaban J connectivity index is 2.33. The fourth-order valence-corrected chi connectivity index (χ4v) is 2.37. The summed E-state index contributed by atoms with van der Waals surface area (Å²) in [6.45, 7) is 0. The van der Waals surface area contributed by atoms with Gasteiger partial charge < -0.3 is 14.9 Å². The second-order valence-electron chi connectivity index (χ2n) is 4.48. The van der Waals surface area contributed by atoms with Crippen molar-refractivity contribution in [1.82, 2.24) is 4.98 Å². The first-order valence-corrected chi connectivity index (χ1v) is 6.61. The van der Waals surface area contributed by atoms with Crippen molar-refractivity contribution in [3.63, 3.8) is 0 Å². The smallest absolute Gasteiger partial charge is 0.358 e. The van der Waals surface area contributed by atoms with Crippen molar-refractivity contribution >= 4 is 34.2 Å². The van der Waals surface area contributed by atoms with Gasteiger partial charge in [0, 0.05) is 10.9 Å². The molecule has 3 rings (SSSR count). The maximum absolute atomic E-state index is 14.5. The Morgan fingerprint density at radius 2 is 2.18 bits per heavy atom. The zero-order valence-electron chi connectivity index (χ0n) is 11.4. The van der Waals surface area contributed by atoms with E-state index in [1.807, 2.05) is 0 Å². The topological polar surface area (TPSA) is 78.3 Å². The minimum absolute atomic E-state index is 0.0886. The average molecular weight is 321 g/mol. The maximum Gasteiger partial charge on any atom is 0.358 e. The quantitative estimate of drug-likeness (QED) is 0.729. The number of fused-ring (bicyclic) bond motifs is 1. The molecule has 0 aliphatic heterocycles. The van der Waals surface area contributed by atoms with E-state index in [1.54, 1.807) is 24.3 Å². The number of carbonyl (C=O) groups excluding carboxylic acids is 1. The number of carbonyl (C=O) groups is 1. The largest absolute Gasteiger partial charge is 0.464 e. The number of ether oxygens (including phenoxy) is 1. The maximum atomic E-state index is 14.5. The van der Waals surface area contributed by atoms with Gasteiger partial charge in [-0.3, -0.25) is 0 Å². The number of nitrogens with zero attached hydrogens (tertiary/aromatic N) is 1. The van der Waals surface area contributed by atoms with Crippen LogP contribution in [0.1, 0.15) is 10.5 Å². The van der Waals surface area contributed by atoms with E-state index in [2.05, 4.69) is 9.72 Å². The number of hydrogen-bond donors (Lipinski definition) is 1. The Labute approximate surface area is 129 Å². The summed E-state index contributed by atoms with van der Waals surface area (Å²) in [5.41, 5.74) is 5.98. The van der Waals surface area contributed by atoms with Gasteiger partial charge in [-0.15, -0.1) is 0 Å². The minimum Gasteiger partial charge on any atom is -0.464 e. The summed E-state index contributed by atoms with van der Waals surface area (Å²) in [7, 11) is 1.18. The first kappa shape index (κ1) is 14.3. The first-order chi connectivity index (χ1) is 10.5. The van der Waals surface area contributed by atoms with Crippen molar-refractivity contribution in [2.75, 3.05) is 12.8 Å². The molecule has 0 saturated heterocycles. The highest BCUT2D eigenvalue weighted by Gasteiger charge is 2.23. The van der Waals surface area contributed by atoms with E-state index in [0.717, 1.165) is 0 Å². The summed E-state index contributed by atoms with van der Waals surface area (Å²) < 4.78 is 24.3. The number of halogens is 2. The van der Waals surface area contributed by atoms with Crippen molar-refractivity contribution in [2.24, 2.45) is 0 Å². The molecule has 3 aromatic rings. The number of benzene rings is 1. The van der Waals surface area contributed by atoms with Crippen LogP contribution in [0.15, 0.2) is 34.9 Å². The lowest BCUT2D eigenvalue weighted by Gasteiger charge is -2.11. The SMILES string of the molecule is COC(=O)c1nc(-c2cccc3occc23)c(F)c(N)c1Cl. The van der Waals surface area contributed by atoms with E-state index < -0.39 is 11.8 Å². The summed E-state index contributed by atoms with van der Waals surface area (Å²) in [6, 6.07) is 6.74. The fraction of sp³-hybridized carbons (Fsp3) is 0.0667. The van der Waals surface area contributed by atoms with Crippen LogP contribution in [0.5, 0.6) is 0 Å². The molecular weight excluding hydrogens is 311 g/mol. The van der Waals surface area contributed by atoms with Crippen LogP contribution >= 0.6 is 11.6 Å². The molecule has 0 bridgehead atoms. The van der Waals surface area contributed by atoms with Gasteiger partial charge in [0.05, 0.1) is 24.1 Å². The van der Waals surface area contributed by atoms with Crippen LogP contribution in [0, 0.1) is 5.82 Å². The summed E-state index contributed by atoms with van der Waals surface area (Å²) in [4.78, 5) is 15.7. The Hall–Kier alpha value is -2.60. The molecule has 2 N–H and O–H groups in total. The number of furan rings is 1. The molecule has 0 atom stereocenters.